The first-order chi connectivity index (χ1) is 9.15. The maximum Gasteiger partial charge on any atom is 0.239 e. The maximum atomic E-state index is 5.35. The molecule has 0 saturated heterocycles. The van der Waals surface area contributed by atoms with Gasteiger partial charge in [0.25, 0.3) is 0 Å². The molecule has 5 heteroatoms. The molecule has 0 amide bonds. The third kappa shape index (κ3) is 2.82. The number of nitrogens with one attached hydrogen (secondary N) is 1. The average Bonchev–Trinajstić information content (AvgIpc) is 2.47. The lowest BCUT2D eigenvalue weighted by Gasteiger charge is -2.20. The largest absolute Gasteiger partial charge is 0.329 e. The number of benzene rings is 1. The number of nitrogens with two attached hydrogens (primary N) is 1. The molecule has 0 unspecified atom stereocenters. The van der Waals surface area contributed by atoms with Crippen molar-refractivity contribution in [3.05, 3.63) is 41.6 Å². The van der Waals surface area contributed by atoms with Crippen LogP contribution in [0.5, 0.6) is 0 Å². The smallest absolute Gasteiger partial charge is 0.239 e. The van der Waals surface area contributed by atoms with E-state index in [9.17, 15) is 0 Å². The van der Waals surface area contributed by atoms with E-state index in [-0.39, 0.29) is 0 Å². The minimum absolute atomic E-state index is 0.414. The first-order valence-electron chi connectivity index (χ1n) is 6.28. The van der Waals surface area contributed by atoms with Gasteiger partial charge in [0.2, 0.25) is 5.95 Å². The van der Waals surface area contributed by atoms with Crippen LogP contribution in [0.25, 0.3) is 0 Å². The predicted molar refractivity (Wildman–Crippen MR) is 78.5 cm³/mol. The van der Waals surface area contributed by atoms with Crippen LogP contribution in [0.3, 0.4) is 0 Å². The fraction of sp³-hybridized carbons (Fsp3) is 0.286. The van der Waals surface area contributed by atoms with Gasteiger partial charge < -0.3 is 4.90 Å². The average molecular weight is 257 g/mol. The molecule has 3 N–H and O–H groups in total. The molecule has 0 spiro atoms. The Morgan fingerprint density at radius 2 is 1.95 bits per heavy atom. The Hall–Kier alpha value is -2.14. The lowest BCUT2D eigenvalue weighted by molar-refractivity contribution is 1.04. The van der Waals surface area contributed by atoms with Gasteiger partial charge in [0.15, 0.2) is 0 Å². The van der Waals surface area contributed by atoms with Crippen LogP contribution in [-0.4, -0.2) is 17.0 Å². The number of nitrogens with zero attached hydrogens (tertiary/aromatic N) is 3. The van der Waals surface area contributed by atoms with Gasteiger partial charge in [0, 0.05) is 24.5 Å². The molecular weight excluding hydrogens is 238 g/mol. The van der Waals surface area contributed by atoms with Gasteiger partial charge in [-0.3, -0.25) is 5.43 Å². The van der Waals surface area contributed by atoms with Crippen molar-refractivity contribution >= 4 is 17.5 Å². The molecule has 0 aliphatic rings. The van der Waals surface area contributed by atoms with Crippen LogP contribution in [0.15, 0.2) is 30.5 Å². The summed E-state index contributed by atoms with van der Waals surface area (Å²) in [5.41, 5.74) is 5.88. The van der Waals surface area contributed by atoms with E-state index in [1.807, 2.05) is 18.9 Å². The molecule has 0 aliphatic carbocycles. The van der Waals surface area contributed by atoms with Crippen molar-refractivity contribution in [3.63, 3.8) is 0 Å². The van der Waals surface area contributed by atoms with E-state index in [4.69, 9.17) is 5.84 Å². The van der Waals surface area contributed by atoms with Crippen molar-refractivity contribution in [1.82, 2.24) is 9.97 Å². The summed E-state index contributed by atoms with van der Waals surface area (Å²) < 4.78 is 0. The third-order valence-electron chi connectivity index (χ3n) is 3.12. The summed E-state index contributed by atoms with van der Waals surface area (Å²) in [6.07, 6.45) is 2.80. The molecule has 0 aliphatic heterocycles. The van der Waals surface area contributed by atoms with E-state index < -0.39 is 0 Å². The number of anilines is 3. The van der Waals surface area contributed by atoms with Gasteiger partial charge in [-0.15, -0.1) is 0 Å². The Kier molecular flexibility index (Phi) is 3.97. The molecular formula is C14H19N5. The molecule has 19 heavy (non-hydrogen) atoms. The monoisotopic (exact) mass is 257 g/mol. The number of hydrazine groups is 1. The normalized spacial score (nSPS) is 10.3. The Labute approximate surface area is 113 Å². The van der Waals surface area contributed by atoms with E-state index in [0.717, 1.165) is 23.5 Å². The quantitative estimate of drug-likeness (QED) is 0.650. The molecule has 2 rings (SSSR count). The minimum atomic E-state index is 0.414. The van der Waals surface area contributed by atoms with E-state index in [0.29, 0.717) is 5.95 Å². The Bertz CT molecular complexity index is 550. The van der Waals surface area contributed by atoms with E-state index in [1.54, 1.807) is 6.20 Å². The van der Waals surface area contributed by atoms with E-state index in [2.05, 4.69) is 46.6 Å². The summed E-state index contributed by atoms with van der Waals surface area (Å²) in [4.78, 5) is 10.5. The zero-order valence-corrected chi connectivity index (χ0v) is 11.5. The molecule has 0 radical (unpaired) electrons. The van der Waals surface area contributed by atoms with Gasteiger partial charge >= 0.3 is 0 Å². The van der Waals surface area contributed by atoms with Gasteiger partial charge in [-0.2, -0.15) is 4.98 Å². The summed E-state index contributed by atoms with van der Waals surface area (Å²) in [7, 11) is 1.98. The summed E-state index contributed by atoms with van der Waals surface area (Å²) in [5, 5.41) is 0. The predicted octanol–water partition coefficient (Wildman–Crippen LogP) is 2.40. The van der Waals surface area contributed by atoms with Crippen molar-refractivity contribution in [2.75, 3.05) is 17.4 Å². The highest BCUT2D eigenvalue weighted by atomic mass is 15.3. The number of rotatable bonds is 4. The van der Waals surface area contributed by atoms with E-state index >= 15 is 0 Å². The highest BCUT2D eigenvalue weighted by Gasteiger charge is 2.10. The number of aryl methyl sites for hydroxylation is 2. The van der Waals surface area contributed by atoms with Crippen molar-refractivity contribution in [2.45, 2.75) is 20.3 Å². The fourth-order valence-electron chi connectivity index (χ4n) is 1.92. The first-order valence-corrected chi connectivity index (χ1v) is 6.28. The molecule has 1 heterocycles. The van der Waals surface area contributed by atoms with Crippen molar-refractivity contribution < 1.29 is 0 Å². The summed E-state index contributed by atoms with van der Waals surface area (Å²) in [6.45, 7) is 4.12. The number of aromatic nitrogens is 2. The maximum absolute atomic E-state index is 5.35. The van der Waals surface area contributed by atoms with Crippen LogP contribution in [0.1, 0.15) is 18.1 Å². The third-order valence-corrected chi connectivity index (χ3v) is 3.12. The van der Waals surface area contributed by atoms with E-state index in [1.165, 1.54) is 5.56 Å². The Balaban J connectivity index is 2.34. The van der Waals surface area contributed by atoms with Crippen LogP contribution in [0, 0.1) is 6.92 Å². The van der Waals surface area contributed by atoms with Gasteiger partial charge in [-0.05, 0) is 31.0 Å². The fourth-order valence-corrected chi connectivity index (χ4v) is 1.92. The van der Waals surface area contributed by atoms with Crippen LogP contribution in [-0.2, 0) is 6.42 Å². The van der Waals surface area contributed by atoms with Crippen LogP contribution in [0.2, 0.25) is 0 Å². The minimum Gasteiger partial charge on any atom is -0.329 e. The molecule has 0 bridgehead atoms. The molecule has 2 aromatic rings. The second kappa shape index (κ2) is 5.67. The van der Waals surface area contributed by atoms with Crippen molar-refractivity contribution in [3.8, 4) is 0 Å². The topological polar surface area (TPSA) is 67.1 Å². The number of hydrogen-bond donors (Lipinski definition) is 2. The summed E-state index contributed by atoms with van der Waals surface area (Å²) in [6, 6.07) is 8.45. The molecule has 0 fully saturated rings. The molecule has 0 atom stereocenters. The second-order valence-corrected chi connectivity index (χ2v) is 4.42. The summed E-state index contributed by atoms with van der Waals surface area (Å²) in [5.74, 6) is 6.61. The second-order valence-electron chi connectivity index (χ2n) is 4.42. The van der Waals surface area contributed by atoms with Gasteiger partial charge in [0.05, 0.1) is 0 Å². The zero-order chi connectivity index (χ0) is 13.8. The SMILES string of the molecule is CCc1ccc(N(C)c2nc(NN)ncc2C)cc1. The lowest BCUT2D eigenvalue weighted by atomic mass is 10.1. The van der Waals surface area contributed by atoms with Crippen LogP contribution in [0.4, 0.5) is 17.5 Å². The van der Waals surface area contributed by atoms with Crippen LogP contribution >= 0.6 is 0 Å². The summed E-state index contributed by atoms with van der Waals surface area (Å²) >= 11 is 0. The van der Waals surface area contributed by atoms with Crippen LogP contribution < -0.4 is 16.2 Å². The number of nitrogen functional groups attached to an aromatic ring is 1. The van der Waals surface area contributed by atoms with Gasteiger partial charge in [-0.1, -0.05) is 19.1 Å². The molecule has 100 valence electrons. The standard InChI is InChI=1S/C14H19N5/c1-4-11-5-7-12(8-6-11)19(3)13-10(2)9-16-14(17-13)18-15/h5-9H,4,15H2,1-3H3,(H,16,17,18). The molecule has 5 nitrogen and oxygen atoms in total. The Morgan fingerprint density at radius 3 is 2.53 bits per heavy atom. The Morgan fingerprint density at radius 1 is 1.26 bits per heavy atom. The first kappa shape index (κ1) is 13.3. The van der Waals surface area contributed by atoms with Crippen molar-refractivity contribution in [2.24, 2.45) is 5.84 Å². The number of hydrogen-bond acceptors (Lipinski definition) is 5. The highest BCUT2D eigenvalue weighted by Crippen LogP contribution is 2.25. The zero-order valence-electron chi connectivity index (χ0n) is 11.5. The molecule has 1 aromatic carbocycles. The van der Waals surface area contributed by atoms with Gasteiger partial charge in [0.1, 0.15) is 5.82 Å². The molecule has 1 aromatic heterocycles. The van der Waals surface area contributed by atoms with Gasteiger partial charge in [-0.25, -0.2) is 10.8 Å². The van der Waals surface area contributed by atoms with Crippen molar-refractivity contribution in [1.29, 1.82) is 0 Å². The lowest BCUT2D eigenvalue weighted by Crippen LogP contribution is -2.16. The molecule has 0 saturated carbocycles. The highest BCUT2D eigenvalue weighted by molar-refractivity contribution is 5.62.